The highest BCUT2D eigenvalue weighted by Gasteiger charge is 2.03. The molecule has 0 saturated carbocycles. The quantitative estimate of drug-likeness (QED) is 0.615. The molecule has 0 aliphatic carbocycles. The summed E-state index contributed by atoms with van der Waals surface area (Å²) in [5, 5.41) is 3.53. The Labute approximate surface area is 52.6 Å². The van der Waals surface area contributed by atoms with E-state index in [9.17, 15) is 0 Å². The van der Waals surface area contributed by atoms with Crippen LogP contribution in [-0.4, -0.2) is 12.3 Å². The van der Waals surface area contributed by atoms with Gasteiger partial charge in [-0.1, -0.05) is 0 Å². The van der Waals surface area contributed by atoms with Crippen LogP contribution in [0.3, 0.4) is 0 Å². The molecule has 0 radical (unpaired) electrons. The molecule has 2 N–H and O–H groups in total. The van der Waals surface area contributed by atoms with Crippen molar-refractivity contribution in [1.82, 2.24) is 5.16 Å². The Morgan fingerprint density at radius 1 is 1.89 bits per heavy atom. The van der Waals surface area contributed by atoms with Crippen LogP contribution in [0.15, 0.2) is 10.8 Å². The molecular weight excluding hydrogens is 120 g/mol. The Kier molecular flexibility index (Phi) is 1.69. The number of hydrogen-bond acceptors (Lipinski definition) is 4. The molecule has 0 spiro atoms. The third kappa shape index (κ3) is 1.02. The molecule has 50 valence electrons. The molecule has 0 saturated heterocycles. The highest BCUT2D eigenvalue weighted by molar-refractivity contribution is 5.19. The van der Waals surface area contributed by atoms with Gasteiger partial charge in [0.25, 0.3) is 5.88 Å². The lowest BCUT2D eigenvalue weighted by molar-refractivity contribution is 0.338. The molecule has 0 atom stereocenters. The first-order valence-electron chi connectivity index (χ1n) is 2.55. The number of ether oxygens (including phenoxy) is 1. The SMILES string of the molecule is COc1nocc1CN. The van der Waals surface area contributed by atoms with Gasteiger partial charge < -0.3 is 15.0 Å². The van der Waals surface area contributed by atoms with Gasteiger partial charge in [-0.05, 0) is 5.16 Å². The zero-order valence-electron chi connectivity index (χ0n) is 5.13. The van der Waals surface area contributed by atoms with Crippen molar-refractivity contribution in [2.75, 3.05) is 7.11 Å². The predicted octanol–water partition coefficient (Wildman–Crippen LogP) is 0.142. The summed E-state index contributed by atoms with van der Waals surface area (Å²) in [6, 6.07) is 0. The Morgan fingerprint density at radius 3 is 3.11 bits per heavy atom. The highest BCUT2D eigenvalue weighted by Crippen LogP contribution is 2.12. The molecule has 4 nitrogen and oxygen atoms in total. The molecular formula is C5H8N2O2. The molecule has 1 aromatic heterocycles. The van der Waals surface area contributed by atoms with Gasteiger partial charge in [0.15, 0.2) is 0 Å². The fourth-order valence-corrected chi connectivity index (χ4v) is 0.551. The summed E-state index contributed by atoms with van der Waals surface area (Å²) in [4.78, 5) is 0. The molecule has 0 amide bonds. The van der Waals surface area contributed by atoms with Crippen molar-refractivity contribution in [3.05, 3.63) is 11.8 Å². The van der Waals surface area contributed by atoms with Gasteiger partial charge >= 0.3 is 0 Å². The lowest BCUT2D eigenvalue weighted by Gasteiger charge is -1.91. The molecule has 1 heterocycles. The maximum atomic E-state index is 5.29. The van der Waals surface area contributed by atoms with Crippen molar-refractivity contribution in [2.24, 2.45) is 5.73 Å². The van der Waals surface area contributed by atoms with E-state index in [0.29, 0.717) is 12.4 Å². The number of hydrogen-bond donors (Lipinski definition) is 1. The average molecular weight is 128 g/mol. The first kappa shape index (κ1) is 6.10. The maximum absolute atomic E-state index is 5.29. The summed E-state index contributed by atoms with van der Waals surface area (Å²) in [5.41, 5.74) is 6.08. The zero-order chi connectivity index (χ0) is 6.69. The van der Waals surface area contributed by atoms with Gasteiger partial charge in [-0.15, -0.1) is 0 Å². The van der Waals surface area contributed by atoms with Crippen LogP contribution < -0.4 is 10.5 Å². The van der Waals surface area contributed by atoms with E-state index in [-0.39, 0.29) is 0 Å². The van der Waals surface area contributed by atoms with E-state index in [0.717, 1.165) is 5.56 Å². The highest BCUT2D eigenvalue weighted by atomic mass is 16.5. The zero-order valence-corrected chi connectivity index (χ0v) is 5.13. The van der Waals surface area contributed by atoms with E-state index in [1.807, 2.05) is 0 Å². The van der Waals surface area contributed by atoms with Crippen molar-refractivity contribution in [2.45, 2.75) is 6.54 Å². The largest absolute Gasteiger partial charge is 0.479 e. The van der Waals surface area contributed by atoms with Crippen LogP contribution in [0.4, 0.5) is 0 Å². The van der Waals surface area contributed by atoms with Crippen LogP contribution >= 0.6 is 0 Å². The summed E-state index contributed by atoms with van der Waals surface area (Å²) in [6.07, 6.45) is 1.47. The van der Waals surface area contributed by atoms with Gasteiger partial charge in [-0.3, -0.25) is 0 Å². The minimum absolute atomic E-state index is 0.396. The van der Waals surface area contributed by atoms with Crippen molar-refractivity contribution in [3.8, 4) is 5.88 Å². The normalized spacial score (nSPS) is 9.56. The minimum Gasteiger partial charge on any atom is -0.479 e. The lowest BCUT2D eigenvalue weighted by atomic mass is 10.4. The molecule has 0 aliphatic heterocycles. The van der Waals surface area contributed by atoms with Gasteiger partial charge in [-0.2, -0.15) is 0 Å². The number of nitrogens with zero attached hydrogens (tertiary/aromatic N) is 1. The predicted molar refractivity (Wildman–Crippen MR) is 30.9 cm³/mol. The van der Waals surface area contributed by atoms with E-state index in [2.05, 4.69) is 9.68 Å². The second-order valence-electron chi connectivity index (χ2n) is 1.55. The van der Waals surface area contributed by atoms with Crippen LogP contribution in [0, 0.1) is 0 Å². The number of aromatic nitrogens is 1. The molecule has 0 bridgehead atoms. The smallest absolute Gasteiger partial charge is 0.258 e. The summed E-state index contributed by atoms with van der Waals surface area (Å²) in [7, 11) is 1.52. The molecule has 0 aromatic carbocycles. The first-order valence-corrected chi connectivity index (χ1v) is 2.55. The monoisotopic (exact) mass is 128 g/mol. The molecule has 0 unspecified atom stereocenters. The van der Waals surface area contributed by atoms with Gasteiger partial charge in [0.1, 0.15) is 6.26 Å². The Bertz CT molecular complexity index is 166. The second kappa shape index (κ2) is 2.50. The van der Waals surface area contributed by atoms with Crippen LogP contribution in [0.2, 0.25) is 0 Å². The third-order valence-electron chi connectivity index (χ3n) is 1.02. The van der Waals surface area contributed by atoms with Gasteiger partial charge in [0.05, 0.1) is 12.7 Å². The average Bonchev–Trinajstić information content (AvgIpc) is 2.33. The molecule has 1 rings (SSSR count). The van der Waals surface area contributed by atoms with E-state index >= 15 is 0 Å². The van der Waals surface area contributed by atoms with Crippen LogP contribution in [0.25, 0.3) is 0 Å². The standard InChI is InChI=1S/C5H8N2O2/c1-8-5-4(2-6)3-9-7-5/h3H,2,6H2,1H3. The fourth-order valence-electron chi connectivity index (χ4n) is 0.551. The van der Waals surface area contributed by atoms with Crippen molar-refractivity contribution in [3.63, 3.8) is 0 Å². The van der Waals surface area contributed by atoms with E-state index in [1.54, 1.807) is 0 Å². The summed E-state index contributed by atoms with van der Waals surface area (Å²) in [6.45, 7) is 0.396. The number of nitrogens with two attached hydrogens (primary N) is 1. The number of rotatable bonds is 2. The second-order valence-corrected chi connectivity index (χ2v) is 1.55. The van der Waals surface area contributed by atoms with Crippen molar-refractivity contribution >= 4 is 0 Å². The topological polar surface area (TPSA) is 61.3 Å². The Balaban J connectivity index is 2.85. The first-order chi connectivity index (χ1) is 4.38. The molecule has 1 aromatic rings. The van der Waals surface area contributed by atoms with Gasteiger partial charge in [-0.25, -0.2) is 0 Å². The van der Waals surface area contributed by atoms with Crippen molar-refractivity contribution in [1.29, 1.82) is 0 Å². The lowest BCUT2D eigenvalue weighted by Crippen LogP contribution is -1.96. The summed E-state index contributed by atoms with van der Waals surface area (Å²) >= 11 is 0. The summed E-state index contributed by atoms with van der Waals surface area (Å²) < 4.78 is 9.36. The van der Waals surface area contributed by atoms with E-state index < -0.39 is 0 Å². The maximum Gasteiger partial charge on any atom is 0.258 e. The van der Waals surface area contributed by atoms with Gasteiger partial charge in [0, 0.05) is 6.54 Å². The molecule has 0 fully saturated rings. The molecule has 9 heavy (non-hydrogen) atoms. The van der Waals surface area contributed by atoms with Crippen LogP contribution in [-0.2, 0) is 6.54 Å². The van der Waals surface area contributed by atoms with Crippen LogP contribution in [0.5, 0.6) is 5.88 Å². The number of methoxy groups -OCH3 is 1. The Hall–Kier alpha value is -1.03. The molecule has 0 aliphatic rings. The van der Waals surface area contributed by atoms with Gasteiger partial charge in [0.2, 0.25) is 0 Å². The van der Waals surface area contributed by atoms with Crippen molar-refractivity contribution < 1.29 is 9.26 Å². The van der Waals surface area contributed by atoms with E-state index in [4.69, 9.17) is 10.5 Å². The van der Waals surface area contributed by atoms with E-state index in [1.165, 1.54) is 13.4 Å². The van der Waals surface area contributed by atoms with Crippen LogP contribution in [0.1, 0.15) is 5.56 Å². The minimum atomic E-state index is 0.396. The Morgan fingerprint density at radius 2 is 2.67 bits per heavy atom. The summed E-state index contributed by atoms with van der Waals surface area (Å²) in [5.74, 6) is 0.470. The fraction of sp³-hybridized carbons (Fsp3) is 0.400. The third-order valence-corrected chi connectivity index (χ3v) is 1.02. The molecule has 4 heteroatoms.